The van der Waals surface area contributed by atoms with Crippen LogP contribution in [-0.4, -0.2) is 44.4 Å². The summed E-state index contributed by atoms with van der Waals surface area (Å²) in [5.74, 6) is 0. The number of aldehydes is 1. The van der Waals surface area contributed by atoms with Gasteiger partial charge in [0.2, 0.25) is 0 Å². The highest BCUT2D eigenvalue weighted by molar-refractivity contribution is 5.79. The van der Waals surface area contributed by atoms with Crippen molar-refractivity contribution < 1.29 is 4.79 Å². The summed E-state index contributed by atoms with van der Waals surface area (Å²) in [6, 6.07) is 4.80. The highest BCUT2D eigenvalue weighted by Gasteiger charge is 2.22. The van der Waals surface area contributed by atoms with E-state index in [1.165, 1.54) is 24.1 Å². The van der Waals surface area contributed by atoms with Crippen LogP contribution in [0, 0.1) is 13.8 Å². The Hall–Kier alpha value is -1.35. The van der Waals surface area contributed by atoms with E-state index in [-0.39, 0.29) is 0 Å². The van der Waals surface area contributed by atoms with E-state index in [1.807, 2.05) is 13.0 Å². The van der Waals surface area contributed by atoms with E-state index in [0.717, 1.165) is 30.5 Å². The van der Waals surface area contributed by atoms with Gasteiger partial charge >= 0.3 is 0 Å². The molecule has 0 bridgehead atoms. The summed E-state index contributed by atoms with van der Waals surface area (Å²) in [7, 11) is 4.31. The van der Waals surface area contributed by atoms with Gasteiger partial charge in [0.25, 0.3) is 0 Å². The molecule has 0 amide bonds. The maximum Gasteiger partial charge on any atom is 0.150 e. The van der Waals surface area contributed by atoms with Gasteiger partial charge in [-0.3, -0.25) is 4.79 Å². The summed E-state index contributed by atoms with van der Waals surface area (Å²) < 4.78 is 0. The number of hydrogen-bond acceptors (Lipinski definition) is 3. The lowest BCUT2D eigenvalue weighted by Crippen LogP contribution is -2.45. The fraction of sp³-hybridized carbons (Fsp3) is 0.562. The van der Waals surface area contributed by atoms with Crippen LogP contribution in [0.2, 0.25) is 0 Å². The lowest BCUT2D eigenvalue weighted by molar-refractivity contribution is 0.112. The van der Waals surface area contributed by atoms with Crippen LogP contribution >= 0.6 is 0 Å². The quantitative estimate of drug-likeness (QED) is 0.781. The lowest BCUT2D eigenvalue weighted by atomic mass is 10.00. The zero-order valence-corrected chi connectivity index (χ0v) is 12.4. The first-order chi connectivity index (χ1) is 9.02. The average Bonchev–Trinajstić information content (AvgIpc) is 2.41. The van der Waals surface area contributed by atoms with Crippen LogP contribution in [0.5, 0.6) is 0 Å². The SMILES string of the molecule is Cc1cc(N2CCCC(N(C)C)C2)c(C)cc1C=O. The van der Waals surface area contributed by atoms with Gasteiger partial charge in [0, 0.05) is 30.4 Å². The Morgan fingerprint density at radius 3 is 2.63 bits per heavy atom. The van der Waals surface area contributed by atoms with Crippen molar-refractivity contribution in [2.75, 3.05) is 32.1 Å². The number of likely N-dealkylation sites (N-methyl/N-ethyl adjacent to an activating group) is 1. The molecule has 0 radical (unpaired) electrons. The Morgan fingerprint density at radius 1 is 1.26 bits per heavy atom. The van der Waals surface area contributed by atoms with Crippen LogP contribution in [0.25, 0.3) is 0 Å². The van der Waals surface area contributed by atoms with E-state index in [9.17, 15) is 4.79 Å². The molecule has 1 aromatic rings. The van der Waals surface area contributed by atoms with E-state index in [2.05, 4.69) is 36.9 Å². The van der Waals surface area contributed by atoms with Crippen molar-refractivity contribution >= 4 is 12.0 Å². The molecule has 19 heavy (non-hydrogen) atoms. The fourth-order valence-corrected chi connectivity index (χ4v) is 2.89. The second-order valence-corrected chi connectivity index (χ2v) is 5.82. The van der Waals surface area contributed by atoms with E-state index in [1.54, 1.807) is 0 Å². The van der Waals surface area contributed by atoms with Gasteiger partial charge in [-0.15, -0.1) is 0 Å². The number of benzene rings is 1. The third-order valence-corrected chi connectivity index (χ3v) is 4.18. The molecular formula is C16H24N2O. The summed E-state index contributed by atoms with van der Waals surface area (Å²) in [5, 5.41) is 0. The first-order valence-electron chi connectivity index (χ1n) is 7.00. The number of rotatable bonds is 3. The van der Waals surface area contributed by atoms with Gasteiger partial charge in [-0.1, -0.05) is 0 Å². The topological polar surface area (TPSA) is 23.6 Å². The Kier molecular flexibility index (Phi) is 4.25. The second-order valence-electron chi connectivity index (χ2n) is 5.82. The predicted molar refractivity (Wildman–Crippen MR) is 80.2 cm³/mol. The fourth-order valence-electron chi connectivity index (χ4n) is 2.89. The molecule has 3 nitrogen and oxygen atoms in total. The molecule has 1 heterocycles. The number of hydrogen-bond donors (Lipinski definition) is 0. The van der Waals surface area contributed by atoms with Gasteiger partial charge < -0.3 is 9.80 Å². The number of carbonyl (C=O) groups is 1. The molecular weight excluding hydrogens is 236 g/mol. The summed E-state index contributed by atoms with van der Waals surface area (Å²) in [6.07, 6.45) is 3.45. The van der Waals surface area contributed by atoms with Crippen molar-refractivity contribution in [3.8, 4) is 0 Å². The van der Waals surface area contributed by atoms with Gasteiger partial charge in [0.1, 0.15) is 6.29 Å². The number of aryl methyl sites for hydroxylation is 2. The standard InChI is InChI=1S/C16H24N2O/c1-12-9-16(13(2)8-14(12)11-19)18-7-5-6-15(10-18)17(3)4/h8-9,11,15H,5-7,10H2,1-4H3. The van der Waals surface area contributed by atoms with Gasteiger partial charge in [-0.25, -0.2) is 0 Å². The number of piperidine rings is 1. The van der Waals surface area contributed by atoms with Crippen LogP contribution in [0.3, 0.4) is 0 Å². The number of carbonyl (C=O) groups excluding carboxylic acids is 1. The maximum absolute atomic E-state index is 11.0. The molecule has 1 saturated heterocycles. The van der Waals surface area contributed by atoms with Gasteiger partial charge in [0.15, 0.2) is 0 Å². The summed E-state index contributed by atoms with van der Waals surface area (Å²) in [5.41, 5.74) is 4.37. The highest BCUT2D eigenvalue weighted by atomic mass is 16.1. The molecule has 1 aliphatic rings. The van der Waals surface area contributed by atoms with Crippen molar-refractivity contribution in [2.24, 2.45) is 0 Å². The predicted octanol–water partition coefficient (Wildman–Crippen LogP) is 2.65. The monoisotopic (exact) mass is 260 g/mol. The maximum atomic E-state index is 11.0. The minimum Gasteiger partial charge on any atom is -0.370 e. The van der Waals surface area contributed by atoms with E-state index < -0.39 is 0 Å². The van der Waals surface area contributed by atoms with Crippen molar-refractivity contribution in [3.63, 3.8) is 0 Å². The van der Waals surface area contributed by atoms with Crippen molar-refractivity contribution in [1.82, 2.24) is 4.90 Å². The Labute approximate surface area is 116 Å². The zero-order valence-electron chi connectivity index (χ0n) is 12.4. The Balaban J connectivity index is 2.26. The minimum atomic E-state index is 0.624. The van der Waals surface area contributed by atoms with E-state index in [4.69, 9.17) is 0 Å². The first-order valence-corrected chi connectivity index (χ1v) is 7.00. The largest absolute Gasteiger partial charge is 0.370 e. The molecule has 0 aromatic heterocycles. The third-order valence-electron chi connectivity index (χ3n) is 4.18. The van der Waals surface area contributed by atoms with Gasteiger partial charge in [-0.2, -0.15) is 0 Å². The molecule has 1 atom stereocenters. The molecule has 0 N–H and O–H groups in total. The van der Waals surface area contributed by atoms with Crippen molar-refractivity contribution in [3.05, 3.63) is 28.8 Å². The van der Waals surface area contributed by atoms with E-state index >= 15 is 0 Å². The molecule has 2 rings (SSSR count). The molecule has 1 aromatic carbocycles. The Morgan fingerprint density at radius 2 is 2.00 bits per heavy atom. The second kappa shape index (κ2) is 5.74. The molecule has 104 valence electrons. The van der Waals surface area contributed by atoms with Gasteiger partial charge in [0.05, 0.1) is 0 Å². The molecule has 0 saturated carbocycles. The van der Waals surface area contributed by atoms with Crippen LogP contribution in [0.1, 0.15) is 34.3 Å². The zero-order chi connectivity index (χ0) is 14.0. The molecule has 3 heteroatoms. The van der Waals surface area contributed by atoms with Crippen molar-refractivity contribution in [2.45, 2.75) is 32.7 Å². The molecule has 1 aliphatic heterocycles. The van der Waals surface area contributed by atoms with Crippen LogP contribution in [-0.2, 0) is 0 Å². The van der Waals surface area contributed by atoms with Gasteiger partial charge in [-0.05, 0) is 64.0 Å². The highest BCUT2D eigenvalue weighted by Crippen LogP contribution is 2.27. The third kappa shape index (κ3) is 2.98. The number of nitrogens with zero attached hydrogens (tertiary/aromatic N) is 2. The molecule has 1 fully saturated rings. The van der Waals surface area contributed by atoms with Crippen LogP contribution in [0.4, 0.5) is 5.69 Å². The molecule has 0 spiro atoms. The summed E-state index contributed by atoms with van der Waals surface area (Å²) in [4.78, 5) is 15.8. The van der Waals surface area contributed by atoms with Crippen LogP contribution in [0.15, 0.2) is 12.1 Å². The minimum absolute atomic E-state index is 0.624. The smallest absolute Gasteiger partial charge is 0.150 e. The first kappa shape index (κ1) is 14.1. The van der Waals surface area contributed by atoms with Crippen molar-refractivity contribution in [1.29, 1.82) is 0 Å². The Bertz CT molecular complexity index is 468. The number of anilines is 1. The van der Waals surface area contributed by atoms with E-state index in [0.29, 0.717) is 6.04 Å². The van der Waals surface area contributed by atoms with Crippen LogP contribution < -0.4 is 4.90 Å². The molecule has 0 aliphatic carbocycles. The molecule has 1 unspecified atom stereocenters. The lowest BCUT2D eigenvalue weighted by Gasteiger charge is -2.38. The normalized spacial score (nSPS) is 19.8. The average molecular weight is 260 g/mol. The summed E-state index contributed by atoms with van der Waals surface area (Å²) >= 11 is 0. The summed E-state index contributed by atoms with van der Waals surface area (Å²) in [6.45, 7) is 6.31.